The summed E-state index contributed by atoms with van der Waals surface area (Å²) in [5.41, 5.74) is 3.57. The van der Waals surface area contributed by atoms with E-state index in [1.165, 1.54) is 0 Å². The fraction of sp³-hybridized carbons (Fsp3) is 0.158. The SMILES string of the molecule is CC=Cc1cc(-c2ccc(-c3nnn[nH]3)c(=O)[nH]2)cc(C=CC)c1OC. The zero-order chi connectivity index (χ0) is 18.5. The first-order chi connectivity index (χ1) is 12.7. The topological polar surface area (TPSA) is 96.5 Å². The van der Waals surface area contributed by atoms with Crippen molar-refractivity contribution < 1.29 is 4.74 Å². The molecule has 7 nitrogen and oxygen atoms in total. The molecule has 2 aromatic heterocycles. The van der Waals surface area contributed by atoms with Gasteiger partial charge in [0, 0.05) is 16.8 Å². The summed E-state index contributed by atoms with van der Waals surface area (Å²) < 4.78 is 5.56. The fourth-order valence-electron chi connectivity index (χ4n) is 2.77. The zero-order valence-electron chi connectivity index (χ0n) is 14.8. The lowest BCUT2D eigenvalue weighted by atomic mass is 10.00. The second kappa shape index (κ2) is 7.60. The van der Waals surface area contributed by atoms with Gasteiger partial charge in [0.2, 0.25) is 0 Å². The first kappa shape index (κ1) is 17.3. The van der Waals surface area contributed by atoms with Crippen LogP contribution >= 0.6 is 0 Å². The minimum Gasteiger partial charge on any atom is -0.496 e. The summed E-state index contributed by atoms with van der Waals surface area (Å²) in [6.45, 7) is 3.90. The molecule has 3 aromatic rings. The number of nitrogens with one attached hydrogen (secondary N) is 2. The van der Waals surface area contributed by atoms with Gasteiger partial charge in [0.05, 0.1) is 12.7 Å². The first-order valence-corrected chi connectivity index (χ1v) is 8.13. The minimum absolute atomic E-state index is 0.267. The normalized spacial score (nSPS) is 11.5. The van der Waals surface area contributed by atoms with Crippen molar-refractivity contribution in [3.63, 3.8) is 0 Å². The molecule has 1 aromatic carbocycles. The lowest BCUT2D eigenvalue weighted by Crippen LogP contribution is -2.10. The van der Waals surface area contributed by atoms with Crippen molar-refractivity contribution in [3.05, 3.63) is 57.9 Å². The summed E-state index contributed by atoms with van der Waals surface area (Å²) in [4.78, 5) is 15.3. The average molecular weight is 349 g/mol. The highest BCUT2D eigenvalue weighted by Gasteiger charge is 2.12. The van der Waals surface area contributed by atoms with E-state index in [0.29, 0.717) is 17.1 Å². The van der Waals surface area contributed by atoms with Gasteiger partial charge in [0.25, 0.3) is 5.56 Å². The molecule has 7 heteroatoms. The van der Waals surface area contributed by atoms with Gasteiger partial charge in [-0.15, -0.1) is 5.10 Å². The van der Waals surface area contributed by atoms with Crippen LogP contribution in [0.4, 0.5) is 0 Å². The average Bonchev–Trinajstić information content (AvgIpc) is 3.16. The van der Waals surface area contributed by atoms with E-state index >= 15 is 0 Å². The number of hydrogen-bond acceptors (Lipinski definition) is 5. The van der Waals surface area contributed by atoms with E-state index in [0.717, 1.165) is 22.4 Å². The third-order valence-corrected chi connectivity index (χ3v) is 3.86. The van der Waals surface area contributed by atoms with Gasteiger partial charge in [0.1, 0.15) is 5.75 Å². The number of H-pyrrole nitrogens is 2. The second-order valence-electron chi connectivity index (χ2n) is 5.55. The molecule has 0 saturated heterocycles. The maximum absolute atomic E-state index is 12.4. The molecule has 0 radical (unpaired) electrons. The summed E-state index contributed by atoms with van der Waals surface area (Å²) in [5, 5.41) is 13.4. The predicted molar refractivity (Wildman–Crippen MR) is 102 cm³/mol. The summed E-state index contributed by atoms with van der Waals surface area (Å²) >= 11 is 0. The zero-order valence-corrected chi connectivity index (χ0v) is 14.8. The van der Waals surface area contributed by atoms with Crippen molar-refractivity contribution in [1.29, 1.82) is 0 Å². The van der Waals surface area contributed by atoms with Gasteiger partial charge in [0.15, 0.2) is 5.82 Å². The summed E-state index contributed by atoms with van der Waals surface area (Å²) in [6, 6.07) is 7.49. The molecule has 0 aliphatic rings. The Labute approximate surface area is 150 Å². The van der Waals surface area contributed by atoms with Gasteiger partial charge >= 0.3 is 0 Å². The van der Waals surface area contributed by atoms with Crippen LogP contribution in [0.5, 0.6) is 5.75 Å². The van der Waals surface area contributed by atoms with Gasteiger partial charge in [-0.25, -0.2) is 5.10 Å². The number of hydrogen-bond donors (Lipinski definition) is 2. The van der Waals surface area contributed by atoms with Crippen molar-refractivity contribution in [3.8, 4) is 28.4 Å². The molecule has 2 heterocycles. The Bertz CT molecular complexity index is 984. The molecule has 0 unspecified atom stereocenters. The Morgan fingerprint density at radius 1 is 1.08 bits per heavy atom. The Morgan fingerprint density at radius 2 is 1.77 bits per heavy atom. The van der Waals surface area contributed by atoms with E-state index in [9.17, 15) is 4.79 Å². The third-order valence-electron chi connectivity index (χ3n) is 3.86. The standard InChI is InChI=1S/C19H19N5O2/c1-4-6-12-10-14(11-13(7-5-2)17(12)26-3)16-9-8-15(19(25)20-16)18-21-23-24-22-18/h4-11H,1-3H3,(H,20,25)(H,21,22,23,24). The van der Waals surface area contributed by atoms with Crippen molar-refractivity contribution in [2.24, 2.45) is 0 Å². The molecule has 2 N–H and O–H groups in total. The van der Waals surface area contributed by atoms with Crippen LogP contribution in [0, 0.1) is 0 Å². The van der Waals surface area contributed by atoms with E-state index in [1.54, 1.807) is 13.2 Å². The lowest BCUT2D eigenvalue weighted by molar-refractivity contribution is 0.413. The number of methoxy groups -OCH3 is 1. The molecule has 0 fully saturated rings. The molecular weight excluding hydrogens is 330 g/mol. The van der Waals surface area contributed by atoms with Gasteiger partial charge in [-0.2, -0.15) is 0 Å². The molecule has 0 atom stereocenters. The van der Waals surface area contributed by atoms with Crippen LogP contribution in [-0.4, -0.2) is 32.7 Å². The van der Waals surface area contributed by atoms with Crippen LogP contribution in [0.2, 0.25) is 0 Å². The lowest BCUT2D eigenvalue weighted by Gasteiger charge is -2.12. The highest BCUT2D eigenvalue weighted by atomic mass is 16.5. The van der Waals surface area contributed by atoms with Crippen LogP contribution < -0.4 is 10.3 Å². The number of allylic oxidation sites excluding steroid dienone is 2. The van der Waals surface area contributed by atoms with Crippen molar-refractivity contribution in [2.75, 3.05) is 7.11 Å². The molecule has 132 valence electrons. The second-order valence-corrected chi connectivity index (χ2v) is 5.55. The number of aromatic nitrogens is 5. The monoisotopic (exact) mass is 349 g/mol. The molecule has 26 heavy (non-hydrogen) atoms. The molecule has 0 spiro atoms. The third kappa shape index (κ3) is 3.32. The van der Waals surface area contributed by atoms with Crippen LogP contribution in [-0.2, 0) is 0 Å². The summed E-state index contributed by atoms with van der Waals surface area (Å²) in [7, 11) is 1.65. The number of rotatable bonds is 5. The van der Waals surface area contributed by atoms with Gasteiger partial charge in [-0.1, -0.05) is 24.3 Å². The summed E-state index contributed by atoms with van der Waals surface area (Å²) in [6.07, 6.45) is 7.84. The molecule has 3 rings (SSSR count). The largest absolute Gasteiger partial charge is 0.496 e. The molecule has 0 amide bonds. The van der Waals surface area contributed by atoms with Gasteiger partial charge < -0.3 is 9.72 Å². The molecule has 0 bridgehead atoms. The first-order valence-electron chi connectivity index (χ1n) is 8.13. The van der Waals surface area contributed by atoms with Crippen molar-refractivity contribution >= 4 is 12.2 Å². The summed E-state index contributed by atoms with van der Waals surface area (Å²) in [5.74, 6) is 1.12. The molecule has 0 saturated carbocycles. The van der Waals surface area contributed by atoms with E-state index in [4.69, 9.17) is 4.74 Å². The Balaban J connectivity index is 2.14. The number of tetrazole rings is 1. The van der Waals surface area contributed by atoms with Crippen LogP contribution in [0.1, 0.15) is 25.0 Å². The van der Waals surface area contributed by atoms with E-state index in [1.807, 2.05) is 56.4 Å². The van der Waals surface area contributed by atoms with E-state index < -0.39 is 0 Å². The minimum atomic E-state index is -0.267. The van der Waals surface area contributed by atoms with Crippen LogP contribution in [0.25, 0.3) is 34.8 Å². The highest BCUT2D eigenvalue weighted by Crippen LogP contribution is 2.32. The predicted octanol–water partition coefficient (Wildman–Crippen LogP) is 3.30. The fourth-order valence-corrected chi connectivity index (χ4v) is 2.77. The smallest absolute Gasteiger partial charge is 0.259 e. The van der Waals surface area contributed by atoms with Crippen molar-refractivity contribution in [2.45, 2.75) is 13.8 Å². The van der Waals surface area contributed by atoms with Gasteiger partial charge in [-0.05, 0) is 54.1 Å². The number of aromatic amines is 2. The van der Waals surface area contributed by atoms with Crippen LogP contribution in [0.15, 0.2) is 41.2 Å². The van der Waals surface area contributed by atoms with Gasteiger partial charge in [-0.3, -0.25) is 4.79 Å². The van der Waals surface area contributed by atoms with Crippen LogP contribution in [0.3, 0.4) is 0 Å². The Hall–Kier alpha value is -3.48. The quantitative estimate of drug-likeness (QED) is 0.737. The maximum Gasteiger partial charge on any atom is 0.259 e. The number of pyridine rings is 1. The van der Waals surface area contributed by atoms with Crippen molar-refractivity contribution in [1.82, 2.24) is 25.6 Å². The number of benzene rings is 1. The number of ether oxygens (including phenoxy) is 1. The molecule has 0 aliphatic carbocycles. The Kier molecular flexibility index (Phi) is 5.07. The maximum atomic E-state index is 12.4. The molecular formula is C19H19N5O2. The Morgan fingerprint density at radius 3 is 2.27 bits per heavy atom. The number of nitrogens with zero attached hydrogens (tertiary/aromatic N) is 3. The highest BCUT2D eigenvalue weighted by molar-refractivity contribution is 5.76. The molecule has 0 aliphatic heterocycles. The van der Waals surface area contributed by atoms with E-state index in [-0.39, 0.29) is 5.56 Å². The van der Waals surface area contributed by atoms with E-state index in [2.05, 4.69) is 25.6 Å².